The lowest BCUT2D eigenvalue weighted by atomic mass is 10.4. The lowest BCUT2D eigenvalue weighted by Crippen LogP contribution is -2.12. The van der Waals surface area contributed by atoms with E-state index in [0.29, 0.717) is 27.9 Å². The summed E-state index contributed by atoms with van der Waals surface area (Å²) in [5, 5.41) is 3.96. The topological polar surface area (TPSA) is 94.1 Å². The molecule has 1 amide bonds. The molecule has 0 aliphatic carbocycles. The molecule has 134 valence electrons. The van der Waals surface area contributed by atoms with Crippen LogP contribution in [0.15, 0.2) is 17.4 Å². The first kappa shape index (κ1) is 19.3. The Morgan fingerprint density at radius 2 is 2.08 bits per heavy atom. The van der Waals surface area contributed by atoms with Crippen LogP contribution in [0.1, 0.15) is 41.3 Å². The highest BCUT2D eigenvalue weighted by atomic mass is 32.2. The Hall–Kier alpha value is -2.00. The van der Waals surface area contributed by atoms with E-state index >= 15 is 0 Å². The predicted molar refractivity (Wildman–Crippen MR) is 98.1 cm³/mol. The van der Waals surface area contributed by atoms with Crippen molar-refractivity contribution in [1.29, 1.82) is 0 Å². The van der Waals surface area contributed by atoms with Gasteiger partial charge in [-0.3, -0.25) is 4.79 Å². The van der Waals surface area contributed by atoms with Crippen molar-refractivity contribution >= 4 is 40.1 Å². The Kier molecular flexibility index (Phi) is 6.89. The van der Waals surface area contributed by atoms with Crippen LogP contribution in [0.3, 0.4) is 0 Å². The standard InChI is InChI=1S/C16H20N4O3S2/c1-9(2)23-15(22)14-11(4)19-16(25-14)20-12(21)5-6-24-13-7-10(3)17-8-18-13/h7-9H,5-6H2,1-4H3,(H,19,20,21). The molecule has 0 saturated carbocycles. The second-order valence-corrected chi connectivity index (χ2v) is 7.65. The molecule has 1 N–H and O–H groups in total. The third-order valence-electron chi connectivity index (χ3n) is 2.93. The van der Waals surface area contributed by atoms with Crippen molar-refractivity contribution in [3.8, 4) is 0 Å². The molecule has 25 heavy (non-hydrogen) atoms. The molecule has 0 aliphatic rings. The van der Waals surface area contributed by atoms with Gasteiger partial charge in [0.05, 0.1) is 16.8 Å². The van der Waals surface area contributed by atoms with Crippen LogP contribution < -0.4 is 5.32 Å². The summed E-state index contributed by atoms with van der Waals surface area (Å²) in [6, 6.07) is 1.87. The zero-order chi connectivity index (χ0) is 18.4. The van der Waals surface area contributed by atoms with E-state index in [1.54, 1.807) is 20.8 Å². The number of hydrogen-bond donors (Lipinski definition) is 1. The minimum atomic E-state index is -0.416. The van der Waals surface area contributed by atoms with Gasteiger partial charge in [-0.15, -0.1) is 11.8 Å². The molecule has 0 unspecified atom stereocenters. The van der Waals surface area contributed by atoms with E-state index in [1.807, 2.05) is 13.0 Å². The summed E-state index contributed by atoms with van der Waals surface area (Å²) in [6.07, 6.45) is 1.63. The van der Waals surface area contributed by atoms with Crippen molar-refractivity contribution in [2.75, 3.05) is 11.1 Å². The van der Waals surface area contributed by atoms with Crippen LogP contribution in [0.4, 0.5) is 5.13 Å². The summed E-state index contributed by atoms with van der Waals surface area (Å²) < 4.78 is 5.16. The fraction of sp³-hybridized carbons (Fsp3) is 0.438. The third-order valence-corrected chi connectivity index (χ3v) is 4.91. The molecule has 9 heteroatoms. The zero-order valence-electron chi connectivity index (χ0n) is 14.5. The number of thiazole rings is 1. The quantitative estimate of drug-likeness (QED) is 0.448. The molecule has 0 fully saturated rings. The van der Waals surface area contributed by atoms with Gasteiger partial charge in [0.15, 0.2) is 5.13 Å². The number of carbonyl (C=O) groups excluding carboxylic acids is 2. The minimum absolute atomic E-state index is 0.157. The van der Waals surface area contributed by atoms with Crippen LogP contribution in [0.2, 0.25) is 0 Å². The van der Waals surface area contributed by atoms with Gasteiger partial charge in [-0.1, -0.05) is 11.3 Å². The number of aromatic nitrogens is 3. The second-order valence-electron chi connectivity index (χ2n) is 5.53. The maximum absolute atomic E-state index is 12.0. The largest absolute Gasteiger partial charge is 0.459 e. The molecule has 0 aromatic carbocycles. The monoisotopic (exact) mass is 380 g/mol. The van der Waals surface area contributed by atoms with Crippen molar-refractivity contribution in [3.63, 3.8) is 0 Å². The number of rotatable bonds is 7. The second kappa shape index (κ2) is 8.91. The van der Waals surface area contributed by atoms with Crippen LogP contribution in [0.5, 0.6) is 0 Å². The average molecular weight is 380 g/mol. The number of aryl methyl sites for hydroxylation is 2. The van der Waals surface area contributed by atoms with Crippen molar-refractivity contribution < 1.29 is 14.3 Å². The highest BCUT2D eigenvalue weighted by molar-refractivity contribution is 7.99. The first-order chi connectivity index (χ1) is 11.8. The van der Waals surface area contributed by atoms with Gasteiger partial charge in [-0.2, -0.15) is 0 Å². The van der Waals surface area contributed by atoms with Gasteiger partial charge in [-0.25, -0.2) is 19.7 Å². The van der Waals surface area contributed by atoms with Crippen molar-refractivity contribution in [1.82, 2.24) is 15.0 Å². The summed E-state index contributed by atoms with van der Waals surface area (Å²) in [5.74, 6) is 0.0190. The van der Waals surface area contributed by atoms with E-state index in [9.17, 15) is 9.59 Å². The van der Waals surface area contributed by atoms with E-state index in [-0.39, 0.29) is 12.0 Å². The Morgan fingerprint density at radius 1 is 1.32 bits per heavy atom. The van der Waals surface area contributed by atoms with Crippen LogP contribution in [-0.2, 0) is 9.53 Å². The highest BCUT2D eigenvalue weighted by Crippen LogP contribution is 2.24. The molecule has 2 aromatic rings. The van der Waals surface area contributed by atoms with Crippen LogP contribution in [0.25, 0.3) is 0 Å². The number of ether oxygens (including phenoxy) is 1. The van der Waals surface area contributed by atoms with Gasteiger partial charge in [0.2, 0.25) is 5.91 Å². The Balaban J connectivity index is 1.85. The fourth-order valence-corrected chi connectivity index (χ4v) is 3.58. The lowest BCUT2D eigenvalue weighted by molar-refractivity contribution is -0.115. The predicted octanol–water partition coefficient (Wildman–Crippen LogP) is 3.24. The molecule has 2 aromatic heterocycles. The maximum Gasteiger partial charge on any atom is 0.350 e. The van der Waals surface area contributed by atoms with E-state index in [0.717, 1.165) is 22.1 Å². The Bertz CT molecular complexity index is 762. The third kappa shape index (κ3) is 6.09. The molecule has 2 rings (SSSR count). The van der Waals surface area contributed by atoms with E-state index in [2.05, 4.69) is 20.3 Å². The lowest BCUT2D eigenvalue weighted by Gasteiger charge is -2.05. The zero-order valence-corrected chi connectivity index (χ0v) is 16.2. The summed E-state index contributed by atoms with van der Waals surface area (Å²) in [6.45, 7) is 7.18. The van der Waals surface area contributed by atoms with Crippen molar-refractivity contribution in [3.05, 3.63) is 28.7 Å². The van der Waals surface area contributed by atoms with Gasteiger partial charge in [0.1, 0.15) is 11.2 Å². The number of anilines is 1. The van der Waals surface area contributed by atoms with Crippen LogP contribution in [-0.4, -0.2) is 38.7 Å². The summed E-state index contributed by atoms with van der Waals surface area (Å²) >= 11 is 2.62. The van der Waals surface area contributed by atoms with Crippen LogP contribution >= 0.6 is 23.1 Å². The van der Waals surface area contributed by atoms with E-state index in [1.165, 1.54) is 18.1 Å². The van der Waals surface area contributed by atoms with E-state index in [4.69, 9.17) is 4.74 Å². The summed E-state index contributed by atoms with van der Waals surface area (Å²) in [7, 11) is 0. The molecule has 0 saturated heterocycles. The Morgan fingerprint density at radius 3 is 2.76 bits per heavy atom. The number of hydrogen-bond acceptors (Lipinski definition) is 8. The molecular weight excluding hydrogens is 360 g/mol. The van der Waals surface area contributed by atoms with Gasteiger partial charge in [0.25, 0.3) is 0 Å². The molecule has 0 aliphatic heterocycles. The Labute approximate surface area is 154 Å². The molecule has 0 radical (unpaired) electrons. The molecule has 0 bridgehead atoms. The normalized spacial score (nSPS) is 10.8. The number of amides is 1. The smallest absolute Gasteiger partial charge is 0.350 e. The number of nitrogens with zero attached hydrogens (tertiary/aromatic N) is 3. The number of thioether (sulfide) groups is 1. The SMILES string of the molecule is Cc1cc(SCCC(=O)Nc2nc(C)c(C(=O)OC(C)C)s2)ncn1. The van der Waals surface area contributed by atoms with Crippen molar-refractivity contribution in [2.24, 2.45) is 0 Å². The summed E-state index contributed by atoms with van der Waals surface area (Å²) in [4.78, 5) is 36.8. The van der Waals surface area contributed by atoms with Gasteiger partial charge in [-0.05, 0) is 33.8 Å². The van der Waals surface area contributed by atoms with Gasteiger partial charge < -0.3 is 10.1 Å². The number of esters is 1. The fourth-order valence-electron chi connectivity index (χ4n) is 1.85. The molecule has 0 spiro atoms. The molecular formula is C16H20N4O3S2. The first-order valence-corrected chi connectivity index (χ1v) is 9.55. The summed E-state index contributed by atoms with van der Waals surface area (Å²) in [5.41, 5.74) is 1.44. The molecule has 0 atom stereocenters. The number of nitrogens with one attached hydrogen (secondary N) is 1. The van der Waals surface area contributed by atoms with Crippen LogP contribution in [0, 0.1) is 13.8 Å². The first-order valence-electron chi connectivity index (χ1n) is 7.75. The maximum atomic E-state index is 12.0. The molecule has 7 nitrogen and oxygen atoms in total. The minimum Gasteiger partial charge on any atom is -0.459 e. The van der Waals surface area contributed by atoms with Gasteiger partial charge >= 0.3 is 5.97 Å². The number of carbonyl (C=O) groups is 2. The van der Waals surface area contributed by atoms with Crippen molar-refractivity contribution in [2.45, 2.75) is 45.2 Å². The highest BCUT2D eigenvalue weighted by Gasteiger charge is 2.18. The average Bonchev–Trinajstić information content (AvgIpc) is 2.87. The van der Waals surface area contributed by atoms with Gasteiger partial charge in [0, 0.05) is 17.9 Å². The molecule has 2 heterocycles. The van der Waals surface area contributed by atoms with E-state index < -0.39 is 5.97 Å².